The molecule has 48 heavy (non-hydrogen) atoms. The molecule has 1 aromatic rings. The van der Waals surface area contributed by atoms with E-state index in [1.165, 1.54) is 26.1 Å². The van der Waals surface area contributed by atoms with Crippen molar-refractivity contribution in [3.8, 4) is 5.75 Å². The van der Waals surface area contributed by atoms with Gasteiger partial charge in [0.2, 0.25) is 29.5 Å². The summed E-state index contributed by atoms with van der Waals surface area (Å²) in [7, 11) is 1.28. The predicted octanol–water partition coefficient (Wildman–Crippen LogP) is -3.31. The Hall–Kier alpha value is -5.62. The van der Waals surface area contributed by atoms with E-state index < -0.39 is 66.1 Å². The van der Waals surface area contributed by atoms with Crippen molar-refractivity contribution in [3.63, 3.8) is 0 Å². The number of hydrogen-bond donors (Lipinski definition) is 10. The molecule has 0 bridgehead atoms. The summed E-state index contributed by atoms with van der Waals surface area (Å²) in [6, 6.07) is 0.908. The molecule has 0 fully saturated rings. The molecule has 1 rings (SSSR count). The Morgan fingerprint density at radius 3 is 1.81 bits per heavy atom. The number of carbonyl (C=O) groups excluding carboxylic acids is 5. The maximum absolute atomic E-state index is 13.8. The number of carboxylic acids is 1. The number of aliphatic carboxylic acids is 1. The van der Waals surface area contributed by atoms with E-state index in [0.717, 1.165) is 4.90 Å². The smallest absolute Gasteiger partial charge is 0.303 e. The van der Waals surface area contributed by atoms with E-state index in [4.69, 9.17) is 28.7 Å². The van der Waals surface area contributed by atoms with E-state index in [-0.39, 0.29) is 69.3 Å². The first-order valence-corrected chi connectivity index (χ1v) is 15.1. The van der Waals surface area contributed by atoms with Crippen LogP contribution >= 0.6 is 0 Å². The summed E-state index contributed by atoms with van der Waals surface area (Å²) >= 11 is 0. The number of nitrogens with two attached hydrogens (primary N) is 5. The number of benzene rings is 1. The van der Waals surface area contributed by atoms with E-state index in [9.17, 15) is 39.0 Å². The van der Waals surface area contributed by atoms with E-state index in [1.807, 2.05) is 0 Å². The van der Waals surface area contributed by atoms with Gasteiger partial charge in [0.05, 0.1) is 0 Å². The molecule has 4 atom stereocenters. The third-order valence-electron chi connectivity index (χ3n) is 6.98. The maximum Gasteiger partial charge on any atom is 0.303 e. The first kappa shape index (κ1) is 40.4. The number of likely N-dealkylation sites (N-methyl/N-ethyl adjacent to an activating group) is 1. The van der Waals surface area contributed by atoms with Gasteiger partial charge in [0.15, 0.2) is 11.9 Å². The SMILES string of the molecule is CC(=O)N[C@@H](CCCN=C(N)N)C(=O)N[C@@H](CCC(=O)O)C(=O)N(C)[C@@H](CCCN=C(N)N)C(=O)N[C@@H](Cc1ccc(O)cc1)C(N)=O. The van der Waals surface area contributed by atoms with E-state index in [2.05, 4.69) is 25.9 Å². The van der Waals surface area contributed by atoms with Crippen LogP contribution < -0.4 is 44.6 Å². The third kappa shape index (κ3) is 15.6. The van der Waals surface area contributed by atoms with Gasteiger partial charge in [-0.3, -0.25) is 38.8 Å². The normalized spacial score (nSPS) is 13.0. The molecule has 5 amide bonds. The number of nitrogens with zero attached hydrogens (tertiary/aromatic N) is 3. The summed E-state index contributed by atoms with van der Waals surface area (Å²) in [5.41, 5.74) is 27.6. The van der Waals surface area contributed by atoms with Gasteiger partial charge < -0.3 is 59.7 Å². The molecule has 0 saturated carbocycles. The summed E-state index contributed by atoms with van der Waals surface area (Å²) < 4.78 is 0. The highest BCUT2D eigenvalue weighted by atomic mass is 16.4. The van der Waals surface area contributed by atoms with Crippen molar-refractivity contribution >= 4 is 47.4 Å². The van der Waals surface area contributed by atoms with Gasteiger partial charge in [-0.15, -0.1) is 0 Å². The number of rotatable bonds is 21. The Morgan fingerprint density at radius 1 is 0.771 bits per heavy atom. The number of aromatic hydroxyl groups is 1. The average molecular weight is 678 g/mol. The van der Waals surface area contributed by atoms with Crippen LogP contribution in [-0.2, 0) is 35.2 Å². The van der Waals surface area contributed by atoms with Crippen LogP contribution in [0.1, 0.15) is 51.0 Å². The zero-order valence-electron chi connectivity index (χ0n) is 27.1. The zero-order valence-corrected chi connectivity index (χ0v) is 27.1. The van der Waals surface area contributed by atoms with Gasteiger partial charge in [-0.2, -0.15) is 0 Å². The molecule has 0 aromatic heterocycles. The number of nitrogens with one attached hydrogen (secondary N) is 3. The van der Waals surface area contributed by atoms with Crippen molar-refractivity contribution in [3.05, 3.63) is 29.8 Å². The van der Waals surface area contributed by atoms with E-state index in [0.29, 0.717) is 5.56 Å². The molecule has 0 spiro atoms. The number of carboxylic acid groups (broad SMARTS) is 1. The van der Waals surface area contributed by atoms with E-state index >= 15 is 0 Å². The summed E-state index contributed by atoms with van der Waals surface area (Å²) in [5.74, 6) is -5.34. The first-order valence-electron chi connectivity index (χ1n) is 15.1. The molecule has 0 radical (unpaired) electrons. The van der Waals surface area contributed by atoms with Gasteiger partial charge in [0.25, 0.3) is 0 Å². The van der Waals surface area contributed by atoms with Crippen LogP contribution in [0.5, 0.6) is 5.75 Å². The molecule has 19 nitrogen and oxygen atoms in total. The number of aliphatic imine (C=N–C) groups is 2. The number of amides is 5. The molecule has 0 aliphatic heterocycles. The standard InChI is InChI=1S/C29H47N11O8/c1-16(41)37-19(5-3-13-35-28(31)32)25(46)38-20(11-12-23(43)44)27(48)40(2)22(6-4-14-36-29(33)34)26(47)39-21(24(30)45)15-17-7-9-18(42)10-8-17/h7-10,19-22,42H,3-6,11-15H2,1-2H3,(H2,30,45)(H,37,41)(H,38,46)(H,39,47)(H,43,44)(H4,31,32,35)(H4,33,34,36)/t19-,20-,21-,22-/m0/s1. The van der Waals surface area contributed by atoms with Crippen LogP contribution in [0.3, 0.4) is 0 Å². The van der Waals surface area contributed by atoms with Gasteiger partial charge in [0, 0.05) is 39.9 Å². The number of phenols is 1. The Balaban J connectivity index is 3.31. The fourth-order valence-electron chi connectivity index (χ4n) is 4.57. The summed E-state index contributed by atoms with van der Waals surface area (Å²) in [4.78, 5) is 85.0. The minimum atomic E-state index is -1.43. The molecule has 0 heterocycles. The van der Waals surface area contributed by atoms with Crippen molar-refractivity contribution in [2.45, 2.75) is 76.0 Å². The quantitative estimate of drug-likeness (QED) is 0.0347. The highest BCUT2D eigenvalue weighted by molar-refractivity contribution is 5.95. The minimum Gasteiger partial charge on any atom is -0.508 e. The lowest BCUT2D eigenvalue weighted by Crippen LogP contribution is -2.58. The van der Waals surface area contributed by atoms with Crippen molar-refractivity contribution in [2.24, 2.45) is 38.7 Å². The van der Waals surface area contributed by atoms with Crippen molar-refractivity contribution in [1.82, 2.24) is 20.9 Å². The monoisotopic (exact) mass is 677 g/mol. The topological polar surface area (TPSA) is 337 Å². The van der Waals surface area contributed by atoms with Gasteiger partial charge in [0.1, 0.15) is 29.9 Å². The zero-order chi connectivity index (χ0) is 36.4. The molecular weight excluding hydrogens is 630 g/mol. The van der Waals surface area contributed by atoms with Crippen LogP contribution in [-0.4, -0.2) is 107 Å². The molecule has 0 unspecified atom stereocenters. The summed E-state index contributed by atoms with van der Waals surface area (Å²) in [5, 5.41) is 26.4. The summed E-state index contributed by atoms with van der Waals surface area (Å²) in [6.45, 7) is 1.45. The van der Waals surface area contributed by atoms with Crippen molar-refractivity contribution < 1.29 is 39.0 Å². The van der Waals surface area contributed by atoms with Crippen LogP contribution in [0.4, 0.5) is 0 Å². The van der Waals surface area contributed by atoms with Crippen LogP contribution in [0.25, 0.3) is 0 Å². The molecule has 0 saturated heterocycles. The van der Waals surface area contributed by atoms with Crippen LogP contribution in [0, 0.1) is 0 Å². The Labute approximate surface area is 277 Å². The molecule has 1 aromatic carbocycles. The lowest BCUT2D eigenvalue weighted by Gasteiger charge is -2.32. The van der Waals surface area contributed by atoms with Gasteiger partial charge in [-0.05, 0) is 49.8 Å². The van der Waals surface area contributed by atoms with Crippen molar-refractivity contribution in [2.75, 3.05) is 20.1 Å². The second kappa shape index (κ2) is 20.5. The number of carbonyl (C=O) groups is 6. The molecule has 0 aliphatic rings. The largest absolute Gasteiger partial charge is 0.508 e. The average Bonchev–Trinajstić information content (AvgIpc) is 2.99. The first-order chi connectivity index (χ1) is 22.5. The molecule has 15 N–H and O–H groups in total. The third-order valence-corrected chi connectivity index (χ3v) is 6.98. The molecular formula is C29H47N11O8. The minimum absolute atomic E-state index is 0.00160. The number of primary amides is 1. The fourth-order valence-corrected chi connectivity index (χ4v) is 4.57. The van der Waals surface area contributed by atoms with Crippen LogP contribution in [0.15, 0.2) is 34.3 Å². The van der Waals surface area contributed by atoms with Crippen LogP contribution in [0.2, 0.25) is 0 Å². The molecule has 0 aliphatic carbocycles. The fraction of sp³-hybridized carbons (Fsp3) is 0.517. The number of phenolic OH excluding ortho intramolecular Hbond substituents is 1. The molecule has 19 heteroatoms. The maximum atomic E-state index is 13.8. The second-order valence-electron chi connectivity index (χ2n) is 10.9. The predicted molar refractivity (Wildman–Crippen MR) is 176 cm³/mol. The van der Waals surface area contributed by atoms with Gasteiger partial charge in [-0.1, -0.05) is 12.1 Å². The second-order valence-corrected chi connectivity index (χ2v) is 10.9. The summed E-state index contributed by atoms with van der Waals surface area (Å²) in [6.07, 6.45) is -0.315. The van der Waals surface area contributed by atoms with Gasteiger partial charge in [-0.25, -0.2) is 0 Å². The van der Waals surface area contributed by atoms with Crippen molar-refractivity contribution in [1.29, 1.82) is 0 Å². The molecule has 266 valence electrons. The van der Waals surface area contributed by atoms with Gasteiger partial charge >= 0.3 is 5.97 Å². The van der Waals surface area contributed by atoms with E-state index in [1.54, 1.807) is 12.1 Å². The Morgan fingerprint density at radius 2 is 1.31 bits per heavy atom. The lowest BCUT2D eigenvalue weighted by molar-refractivity contribution is -0.144. The highest BCUT2D eigenvalue weighted by Gasteiger charge is 2.34. The number of hydrogen-bond acceptors (Lipinski definition) is 9. The Bertz CT molecular complexity index is 1330. The Kier molecular flexibility index (Phi) is 17.2. The highest BCUT2D eigenvalue weighted by Crippen LogP contribution is 2.14. The number of guanidine groups is 2. The lowest BCUT2D eigenvalue weighted by atomic mass is 10.0.